The molecule has 38 heavy (non-hydrogen) atoms. The van der Waals surface area contributed by atoms with Crippen LogP contribution in [0.2, 0.25) is 0 Å². The summed E-state index contributed by atoms with van der Waals surface area (Å²) in [7, 11) is 1.31. The number of hydrogen-bond acceptors (Lipinski definition) is 11. The first-order chi connectivity index (χ1) is 18.1. The Bertz CT molecular complexity index is 1290. The number of likely N-dealkylation sites (tertiary alicyclic amines) is 1. The number of carbonyl (C=O) groups is 1. The molecule has 13 nitrogen and oxygen atoms in total. The smallest absolute Gasteiger partial charge is 0.447 e. The van der Waals surface area contributed by atoms with Crippen molar-refractivity contribution in [2.45, 2.75) is 44.9 Å². The highest BCUT2D eigenvalue weighted by atomic mass is 19.4. The lowest BCUT2D eigenvalue weighted by Gasteiger charge is -2.39. The molecule has 2 aromatic heterocycles. The largest absolute Gasteiger partial charge is 0.493 e. The van der Waals surface area contributed by atoms with Crippen molar-refractivity contribution in [1.29, 1.82) is 0 Å². The van der Waals surface area contributed by atoms with E-state index in [4.69, 9.17) is 14.0 Å². The SMILES string of the molecule is CCOCCn1c(=O)c2c(n(C)c1=O)N(OC(=O)C(F)(F)F)C(N1CCC3CNCC31)N2Cc1ncco1. The Morgan fingerprint density at radius 3 is 2.76 bits per heavy atom. The second kappa shape index (κ2) is 10.1. The molecule has 0 saturated carbocycles. The first-order valence-electron chi connectivity index (χ1n) is 12.2. The Balaban J connectivity index is 1.68. The van der Waals surface area contributed by atoms with Crippen LogP contribution in [0.1, 0.15) is 19.2 Å². The van der Waals surface area contributed by atoms with Gasteiger partial charge in [0.05, 0.1) is 25.9 Å². The number of oxazole rings is 1. The van der Waals surface area contributed by atoms with Crippen molar-refractivity contribution in [3.05, 3.63) is 39.2 Å². The van der Waals surface area contributed by atoms with Gasteiger partial charge in [0, 0.05) is 32.8 Å². The molecule has 0 bridgehead atoms. The van der Waals surface area contributed by atoms with Crippen molar-refractivity contribution in [2.75, 3.05) is 42.8 Å². The number of hydroxylamine groups is 1. The second-order valence-electron chi connectivity index (χ2n) is 9.28. The molecule has 5 heterocycles. The van der Waals surface area contributed by atoms with E-state index in [1.54, 1.807) is 6.92 Å². The minimum absolute atomic E-state index is 0.0714. The molecule has 5 rings (SSSR count). The molecule has 2 aromatic rings. The number of ether oxygens (including phenoxy) is 1. The van der Waals surface area contributed by atoms with Crippen LogP contribution in [0.15, 0.2) is 26.5 Å². The highest BCUT2D eigenvalue weighted by Gasteiger charge is 2.54. The number of halogens is 3. The van der Waals surface area contributed by atoms with Gasteiger partial charge in [0.15, 0.2) is 17.8 Å². The molecule has 0 radical (unpaired) electrons. The number of rotatable bonds is 8. The van der Waals surface area contributed by atoms with E-state index in [0.717, 1.165) is 27.2 Å². The van der Waals surface area contributed by atoms with Gasteiger partial charge in [-0.1, -0.05) is 0 Å². The molecular formula is C22H28F3N7O6. The number of hydrogen-bond donors (Lipinski definition) is 1. The first-order valence-corrected chi connectivity index (χ1v) is 12.2. The lowest BCUT2D eigenvalue weighted by atomic mass is 10.1. The predicted octanol–water partition coefficient (Wildman–Crippen LogP) is -0.00410. The lowest BCUT2D eigenvalue weighted by Crippen LogP contribution is -2.59. The van der Waals surface area contributed by atoms with Crippen LogP contribution in [-0.4, -0.2) is 76.3 Å². The third kappa shape index (κ3) is 4.45. The molecule has 3 atom stereocenters. The van der Waals surface area contributed by atoms with Gasteiger partial charge in [-0.15, -0.1) is 5.06 Å². The van der Waals surface area contributed by atoms with Gasteiger partial charge < -0.3 is 24.2 Å². The summed E-state index contributed by atoms with van der Waals surface area (Å²) in [4.78, 5) is 51.5. The highest BCUT2D eigenvalue weighted by molar-refractivity contribution is 5.79. The van der Waals surface area contributed by atoms with Gasteiger partial charge in [-0.2, -0.15) is 13.2 Å². The van der Waals surface area contributed by atoms with Crippen molar-refractivity contribution in [1.82, 2.24) is 24.3 Å². The fourth-order valence-corrected chi connectivity index (χ4v) is 5.45. The summed E-state index contributed by atoms with van der Waals surface area (Å²) >= 11 is 0. The molecule has 208 valence electrons. The summed E-state index contributed by atoms with van der Waals surface area (Å²) in [6.07, 6.45) is -3.00. The van der Waals surface area contributed by atoms with Crippen LogP contribution in [0.3, 0.4) is 0 Å². The van der Waals surface area contributed by atoms with E-state index in [0.29, 0.717) is 19.7 Å². The van der Waals surface area contributed by atoms with Crippen molar-refractivity contribution < 1.29 is 32.0 Å². The summed E-state index contributed by atoms with van der Waals surface area (Å²) in [6.45, 7) is 3.74. The Morgan fingerprint density at radius 1 is 1.29 bits per heavy atom. The van der Waals surface area contributed by atoms with Crippen LogP contribution in [0, 0.1) is 5.92 Å². The Morgan fingerprint density at radius 2 is 2.08 bits per heavy atom. The molecule has 0 spiro atoms. The van der Waals surface area contributed by atoms with Crippen molar-refractivity contribution in [2.24, 2.45) is 13.0 Å². The van der Waals surface area contributed by atoms with E-state index in [2.05, 4.69) is 10.3 Å². The van der Waals surface area contributed by atoms with E-state index in [1.165, 1.54) is 24.4 Å². The van der Waals surface area contributed by atoms with Gasteiger partial charge in [-0.25, -0.2) is 14.6 Å². The van der Waals surface area contributed by atoms with Crippen molar-refractivity contribution in [3.63, 3.8) is 0 Å². The van der Waals surface area contributed by atoms with E-state index in [1.807, 2.05) is 4.90 Å². The van der Waals surface area contributed by atoms with Crippen LogP contribution in [0.25, 0.3) is 0 Å². The maximum absolute atomic E-state index is 13.8. The molecule has 3 aliphatic heterocycles. The van der Waals surface area contributed by atoms with Crippen LogP contribution < -0.4 is 26.5 Å². The average molecular weight is 544 g/mol. The van der Waals surface area contributed by atoms with Crippen molar-refractivity contribution in [3.8, 4) is 0 Å². The van der Waals surface area contributed by atoms with Gasteiger partial charge in [0.1, 0.15) is 6.26 Å². The first kappa shape index (κ1) is 26.2. The number of alkyl halides is 3. The maximum atomic E-state index is 13.8. The number of nitrogens with one attached hydrogen (secondary N) is 1. The van der Waals surface area contributed by atoms with E-state index in [-0.39, 0.29) is 49.1 Å². The monoisotopic (exact) mass is 543 g/mol. The van der Waals surface area contributed by atoms with E-state index < -0.39 is 29.7 Å². The van der Waals surface area contributed by atoms with Gasteiger partial charge in [-0.05, 0) is 25.8 Å². The van der Waals surface area contributed by atoms with Gasteiger partial charge in [0.25, 0.3) is 5.56 Å². The number of fused-ring (bicyclic) bond motifs is 2. The van der Waals surface area contributed by atoms with Gasteiger partial charge >= 0.3 is 17.8 Å². The third-order valence-corrected chi connectivity index (χ3v) is 7.13. The number of carbonyl (C=O) groups excluding carboxylic acids is 1. The minimum atomic E-state index is -5.31. The minimum Gasteiger partial charge on any atom is -0.447 e. The summed E-state index contributed by atoms with van der Waals surface area (Å²) in [5.74, 6) is -2.34. The standard InChI is InChI=1S/C22H28F3N7O6/c1-3-36-9-7-30-18(33)16-17(28(2)21(30)35)32(38-19(34)22(23,24)25)20(31(16)12-15-27-5-8-37-15)29-6-4-13-10-26-11-14(13)29/h5,8,13-14,20,26H,3-4,6-7,9-12H2,1-2H3. The average Bonchev–Trinajstić information content (AvgIpc) is 3.65. The lowest BCUT2D eigenvalue weighted by molar-refractivity contribution is -0.203. The zero-order valence-electron chi connectivity index (χ0n) is 20.8. The Hall–Kier alpha value is -3.37. The number of nitrogens with zero attached hydrogens (tertiary/aromatic N) is 6. The maximum Gasteiger partial charge on any atom is 0.493 e. The fourth-order valence-electron chi connectivity index (χ4n) is 5.45. The molecule has 1 N–H and O–H groups in total. The zero-order valence-corrected chi connectivity index (χ0v) is 20.8. The quantitative estimate of drug-likeness (QED) is 0.452. The second-order valence-corrected chi connectivity index (χ2v) is 9.28. The molecule has 2 fully saturated rings. The number of aromatic nitrogens is 3. The number of anilines is 2. The van der Waals surface area contributed by atoms with Crippen LogP contribution in [-0.2, 0) is 34.5 Å². The normalized spacial score (nSPS) is 23.2. The summed E-state index contributed by atoms with van der Waals surface area (Å²) in [5, 5.41) is 4.00. The van der Waals surface area contributed by atoms with E-state index >= 15 is 0 Å². The molecule has 16 heteroatoms. The fraction of sp³-hybridized carbons (Fsp3) is 0.636. The molecule has 0 amide bonds. The van der Waals surface area contributed by atoms with Crippen molar-refractivity contribution >= 4 is 17.5 Å². The molecule has 3 aliphatic rings. The Labute approximate surface area is 214 Å². The highest BCUT2D eigenvalue weighted by Crippen LogP contribution is 2.42. The predicted molar refractivity (Wildman–Crippen MR) is 125 cm³/mol. The third-order valence-electron chi connectivity index (χ3n) is 7.13. The Kier molecular flexibility index (Phi) is 6.96. The van der Waals surface area contributed by atoms with Crippen LogP contribution in [0.5, 0.6) is 0 Å². The molecule has 2 saturated heterocycles. The van der Waals surface area contributed by atoms with Crippen LogP contribution >= 0.6 is 0 Å². The molecule has 3 unspecified atom stereocenters. The molecule has 0 aromatic carbocycles. The zero-order chi connectivity index (χ0) is 27.2. The molecular weight excluding hydrogens is 515 g/mol. The topological polar surface area (TPSA) is 127 Å². The summed E-state index contributed by atoms with van der Waals surface area (Å²) < 4.78 is 52.8. The molecule has 0 aliphatic carbocycles. The summed E-state index contributed by atoms with van der Waals surface area (Å²) in [5.41, 5.74) is -1.67. The summed E-state index contributed by atoms with van der Waals surface area (Å²) in [6, 6.07) is -0.106. The van der Waals surface area contributed by atoms with Crippen LogP contribution in [0.4, 0.5) is 24.7 Å². The van der Waals surface area contributed by atoms with Gasteiger partial charge in [0.2, 0.25) is 5.89 Å². The van der Waals surface area contributed by atoms with E-state index in [9.17, 15) is 27.6 Å². The van der Waals surface area contributed by atoms with Gasteiger partial charge in [-0.3, -0.25) is 18.8 Å².